The predicted molar refractivity (Wildman–Crippen MR) is 109 cm³/mol. The van der Waals surface area contributed by atoms with Crippen molar-refractivity contribution < 1.29 is 19.2 Å². The first-order chi connectivity index (χ1) is 13.2. The lowest BCUT2D eigenvalue weighted by Crippen LogP contribution is -3.14. The summed E-state index contributed by atoms with van der Waals surface area (Å²) in [6.45, 7) is 5.07. The van der Waals surface area contributed by atoms with E-state index in [-0.39, 0.29) is 5.91 Å². The molecule has 3 heterocycles. The van der Waals surface area contributed by atoms with Gasteiger partial charge in [-0.25, -0.2) is 4.98 Å². The third-order valence-corrected chi connectivity index (χ3v) is 6.58. The molecule has 1 amide bonds. The maximum atomic E-state index is 13.1. The van der Waals surface area contributed by atoms with E-state index in [0.717, 1.165) is 58.8 Å². The number of thiophene rings is 1. The Labute approximate surface area is 165 Å². The van der Waals surface area contributed by atoms with Crippen LogP contribution in [-0.4, -0.2) is 57.4 Å². The van der Waals surface area contributed by atoms with Crippen molar-refractivity contribution in [3.05, 3.63) is 40.6 Å². The van der Waals surface area contributed by atoms with Crippen LogP contribution in [0.25, 0.3) is 10.2 Å². The predicted octanol–water partition coefficient (Wildman–Crippen LogP) is 1.93. The first-order valence-electron chi connectivity index (χ1n) is 8.96. The van der Waals surface area contributed by atoms with Gasteiger partial charge in [-0.1, -0.05) is 17.4 Å². The third-order valence-electron chi connectivity index (χ3n) is 4.68. The number of fused-ring (bicyclic) bond motifs is 1. The number of nitrogens with one attached hydrogen (secondary N) is 1. The molecule has 0 radical (unpaired) electrons. The SMILES string of the molecule is COc1ccc2nc(N(CC[NH+]3CCOCC3)C(=O)c3cccs3)sc2c1. The van der Waals surface area contributed by atoms with Crippen molar-refractivity contribution in [2.24, 2.45) is 0 Å². The highest BCUT2D eigenvalue weighted by Crippen LogP contribution is 2.32. The Bertz CT molecular complexity index is 904. The van der Waals surface area contributed by atoms with Crippen LogP contribution in [0.4, 0.5) is 5.13 Å². The highest BCUT2D eigenvalue weighted by molar-refractivity contribution is 7.22. The molecular weight excluding hydrogens is 382 g/mol. The minimum atomic E-state index is 0.0173. The lowest BCUT2D eigenvalue weighted by atomic mass is 10.3. The molecule has 0 aliphatic carbocycles. The zero-order valence-corrected chi connectivity index (χ0v) is 16.8. The smallest absolute Gasteiger partial charge is 0.270 e. The van der Waals surface area contributed by atoms with Crippen LogP contribution < -0.4 is 14.5 Å². The quantitative estimate of drug-likeness (QED) is 0.682. The fourth-order valence-corrected chi connectivity index (χ4v) is 4.82. The van der Waals surface area contributed by atoms with Crippen LogP contribution in [-0.2, 0) is 4.74 Å². The zero-order chi connectivity index (χ0) is 18.6. The Kier molecular flexibility index (Phi) is 5.68. The lowest BCUT2D eigenvalue weighted by molar-refractivity contribution is -0.906. The van der Waals surface area contributed by atoms with E-state index in [4.69, 9.17) is 14.5 Å². The Morgan fingerprint density at radius 3 is 2.93 bits per heavy atom. The summed E-state index contributed by atoms with van der Waals surface area (Å²) in [6.07, 6.45) is 0. The second-order valence-electron chi connectivity index (χ2n) is 6.38. The molecule has 0 saturated carbocycles. The molecule has 1 N–H and O–H groups in total. The number of morpholine rings is 1. The Hall–Kier alpha value is -2.00. The van der Waals surface area contributed by atoms with Gasteiger partial charge in [0.1, 0.15) is 18.8 Å². The number of methoxy groups -OCH3 is 1. The number of thiazole rings is 1. The number of benzene rings is 1. The van der Waals surface area contributed by atoms with Crippen molar-refractivity contribution in [1.29, 1.82) is 0 Å². The number of ether oxygens (including phenoxy) is 2. The second-order valence-corrected chi connectivity index (χ2v) is 8.33. The van der Waals surface area contributed by atoms with Gasteiger partial charge in [-0.15, -0.1) is 11.3 Å². The minimum Gasteiger partial charge on any atom is -0.497 e. The van der Waals surface area contributed by atoms with Gasteiger partial charge in [-0.3, -0.25) is 9.69 Å². The summed E-state index contributed by atoms with van der Waals surface area (Å²) < 4.78 is 11.8. The van der Waals surface area contributed by atoms with E-state index < -0.39 is 0 Å². The number of amides is 1. The summed E-state index contributed by atoms with van der Waals surface area (Å²) in [5.74, 6) is 0.815. The van der Waals surface area contributed by atoms with Gasteiger partial charge in [0, 0.05) is 0 Å². The van der Waals surface area contributed by atoms with Crippen molar-refractivity contribution >= 4 is 43.9 Å². The van der Waals surface area contributed by atoms with Gasteiger partial charge in [0.05, 0.1) is 48.5 Å². The molecule has 0 bridgehead atoms. The van der Waals surface area contributed by atoms with E-state index in [2.05, 4.69) is 0 Å². The van der Waals surface area contributed by atoms with Gasteiger partial charge in [0.25, 0.3) is 5.91 Å². The lowest BCUT2D eigenvalue weighted by Gasteiger charge is -2.26. The number of rotatable bonds is 6. The number of nitrogens with zero attached hydrogens (tertiary/aromatic N) is 2. The molecule has 1 aliphatic heterocycles. The molecule has 0 spiro atoms. The molecule has 8 heteroatoms. The average Bonchev–Trinajstić information content (AvgIpc) is 3.38. The molecule has 0 unspecified atom stereocenters. The van der Waals surface area contributed by atoms with Gasteiger partial charge < -0.3 is 14.4 Å². The number of hydrogen-bond donors (Lipinski definition) is 1. The van der Waals surface area contributed by atoms with E-state index >= 15 is 0 Å². The molecule has 3 aromatic rings. The van der Waals surface area contributed by atoms with Crippen molar-refractivity contribution in [1.82, 2.24) is 4.98 Å². The van der Waals surface area contributed by atoms with E-state index in [9.17, 15) is 4.79 Å². The maximum absolute atomic E-state index is 13.1. The van der Waals surface area contributed by atoms with Crippen molar-refractivity contribution in [3.63, 3.8) is 0 Å². The molecule has 1 fully saturated rings. The highest BCUT2D eigenvalue weighted by Gasteiger charge is 2.24. The molecule has 1 aliphatic rings. The average molecular weight is 405 g/mol. The summed E-state index contributed by atoms with van der Waals surface area (Å²) in [4.78, 5) is 21.9. The molecular formula is C19H22N3O3S2+. The van der Waals surface area contributed by atoms with Crippen LogP contribution in [0.2, 0.25) is 0 Å². The number of aromatic nitrogens is 1. The first kappa shape index (κ1) is 18.4. The maximum Gasteiger partial charge on any atom is 0.270 e. The molecule has 4 rings (SSSR count). The van der Waals surface area contributed by atoms with Gasteiger partial charge in [0.15, 0.2) is 5.13 Å². The largest absolute Gasteiger partial charge is 0.497 e. The van der Waals surface area contributed by atoms with Crippen LogP contribution in [0.5, 0.6) is 5.75 Å². The van der Waals surface area contributed by atoms with Crippen LogP contribution in [0, 0.1) is 0 Å². The number of carbonyl (C=O) groups is 1. The van der Waals surface area contributed by atoms with Crippen LogP contribution in [0.1, 0.15) is 9.67 Å². The molecule has 6 nitrogen and oxygen atoms in total. The van der Waals surface area contributed by atoms with Crippen LogP contribution >= 0.6 is 22.7 Å². The number of carbonyl (C=O) groups excluding carboxylic acids is 1. The summed E-state index contributed by atoms with van der Waals surface area (Å²) in [5.41, 5.74) is 0.887. The highest BCUT2D eigenvalue weighted by atomic mass is 32.1. The van der Waals surface area contributed by atoms with Crippen molar-refractivity contribution in [2.45, 2.75) is 0 Å². The van der Waals surface area contributed by atoms with Crippen LogP contribution in [0.3, 0.4) is 0 Å². The number of hydrogen-bond acceptors (Lipinski definition) is 6. The molecule has 1 aromatic carbocycles. The van der Waals surface area contributed by atoms with Gasteiger partial charge in [-0.2, -0.15) is 0 Å². The Balaban J connectivity index is 1.61. The Morgan fingerprint density at radius 2 is 2.19 bits per heavy atom. The van der Waals surface area contributed by atoms with Crippen molar-refractivity contribution in [2.75, 3.05) is 51.4 Å². The summed E-state index contributed by atoms with van der Waals surface area (Å²) >= 11 is 3.00. The molecule has 0 atom stereocenters. The fourth-order valence-electron chi connectivity index (χ4n) is 3.13. The van der Waals surface area contributed by atoms with E-state index in [1.165, 1.54) is 27.6 Å². The van der Waals surface area contributed by atoms with E-state index in [1.54, 1.807) is 7.11 Å². The van der Waals surface area contributed by atoms with E-state index in [0.29, 0.717) is 6.54 Å². The van der Waals surface area contributed by atoms with Gasteiger partial charge >= 0.3 is 0 Å². The van der Waals surface area contributed by atoms with Gasteiger partial charge in [-0.05, 0) is 29.6 Å². The molecule has 1 saturated heterocycles. The van der Waals surface area contributed by atoms with E-state index in [1.807, 2.05) is 40.6 Å². The number of quaternary nitrogens is 1. The Morgan fingerprint density at radius 1 is 1.33 bits per heavy atom. The van der Waals surface area contributed by atoms with Crippen molar-refractivity contribution in [3.8, 4) is 5.75 Å². The fraction of sp³-hybridized carbons (Fsp3) is 0.368. The second kappa shape index (κ2) is 8.35. The molecule has 142 valence electrons. The number of anilines is 1. The third kappa shape index (κ3) is 4.14. The van der Waals surface area contributed by atoms with Crippen LogP contribution in [0.15, 0.2) is 35.7 Å². The zero-order valence-electron chi connectivity index (χ0n) is 15.1. The molecule has 27 heavy (non-hydrogen) atoms. The normalized spacial score (nSPS) is 15.1. The summed E-state index contributed by atoms with van der Waals surface area (Å²) in [7, 11) is 1.65. The van der Waals surface area contributed by atoms with Gasteiger partial charge in [0.2, 0.25) is 0 Å². The minimum absolute atomic E-state index is 0.0173. The molecule has 2 aromatic heterocycles. The topological polar surface area (TPSA) is 56.1 Å². The first-order valence-corrected chi connectivity index (χ1v) is 10.7. The summed E-state index contributed by atoms with van der Waals surface area (Å²) in [6, 6.07) is 9.59. The summed E-state index contributed by atoms with van der Waals surface area (Å²) in [5, 5.41) is 2.67. The monoisotopic (exact) mass is 404 g/mol. The standard InChI is InChI=1S/C19H21N3O3S2/c1-24-14-4-5-15-17(13-14)27-19(20-15)22(18(23)16-3-2-12-26-16)7-6-21-8-10-25-11-9-21/h2-5,12-13H,6-11H2,1H3/p+1.